The molecule has 1 spiro atoms. The molecule has 2 aliphatic rings. The fraction of sp³-hybridized carbons (Fsp3) is 0.632. The Kier molecular flexibility index (Phi) is 5.87. The zero-order chi connectivity index (χ0) is 17.9. The van der Waals surface area contributed by atoms with E-state index in [4.69, 9.17) is 16.3 Å². The van der Waals surface area contributed by atoms with Crippen LogP contribution < -0.4 is 5.32 Å². The third-order valence-corrected chi connectivity index (χ3v) is 5.71. The summed E-state index contributed by atoms with van der Waals surface area (Å²) in [6.45, 7) is 3.61. The largest absolute Gasteiger partial charge is 0.375 e. The maximum absolute atomic E-state index is 11.9. The highest BCUT2D eigenvalue weighted by atomic mass is 35.5. The van der Waals surface area contributed by atoms with Gasteiger partial charge in [-0.15, -0.1) is 0 Å². The predicted octanol–water partition coefficient (Wildman–Crippen LogP) is 3.12. The number of urea groups is 1. The quantitative estimate of drug-likeness (QED) is 0.895. The van der Waals surface area contributed by atoms with Gasteiger partial charge in [0.15, 0.2) is 0 Å². The van der Waals surface area contributed by atoms with E-state index in [2.05, 4.69) is 16.3 Å². The van der Waals surface area contributed by atoms with Crippen LogP contribution in [0.3, 0.4) is 0 Å². The van der Waals surface area contributed by atoms with Crippen molar-refractivity contribution in [2.24, 2.45) is 0 Å². The molecule has 138 valence electrons. The van der Waals surface area contributed by atoms with Crippen molar-refractivity contribution in [3.8, 4) is 0 Å². The first kappa shape index (κ1) is 18.5. The number of nitrogens with one attached hydrogen (secondary N) is 1. The average Bonchev–Trinajstić information content (AvgIpc) is 2.59. The summed E-state index contributed by atoms with van der Waals surface area (Å²) in [7, 11) is 3.55. The molecule has 1 aromatic rings. The first-order chi connectivity index (χ1) is 12.0. The molecule has 2 amide bonds. The van der Waals surface area contributed by atoms with Crippen molar-refractivity contribution in [3.63, 3.8) is 0 Å². The van der Waals surface area contributed by atoms with Gasteiger partial charge in [-0.1, -0.05) is 29.8 Å². The highest BCUT2D eigenvalue weighted by Gasteiger charge is 2.40. The number of nitrogens with zero attached hydrogens (tertiary/aromatic N) is 2. The van der Waals surface area contributed by atoms with Crippen LogP contribution in [-0.2, 0) is 11.3 Å². The van der Waals surface area contributed by atoms with Crippen molar-refractivity contribution in [2.45, 2.75) is 43.9 Å². The second-order valence-electron chi connectivity index (χ2n) is 7.43. The molecule has 2 saturated heterocycles. The molecular formula is C19H28ClN3O2. The van der Waals surface area contributed by atoms with Crippen LogP contribution >= 0.6 is 11.6 Å². The summed E-state index contributed by atoms with van der Waals surface area (Å²) in [6, 6.07) is 8.24. The van der Waals surface area contributed by atoms with Crippen LogP contribution in [0.25, 0.3) is 0 Å². The Labute approximate surface area is 155 Å². The van der Waals surface area contributed by atoms with E-state index in [1.54, 1.807) is 19.0 Å². The van der Waals surface area contributed by atoms with E-state index < -0.39 is 0 Å². The first-order valence-electron chi connectivity index (χ1n) is 9.05. The molecule has 5 nitrogen and oxygen atoms in total. The lowest BCUT2D eigenvalue weighted by atomic mass is 9.82. The maximum atomic E-state index is 11.9. The number of hydrogen-bond acceptors (Lipinski definition) is 3. The van der Waals surface area contributed by atoms with E-state index in [9.17, 15) is 4.79 Å². The number of likely N-dealkylation sites (tertiary alicyclic amines) is 1. The number of hydrogen-bond donors (Lipinski definition) is 1. The number of carbonyl (C=O) groups excluding carboxylic acids is 1. The van der Waals surface area contributed by atoms with Gasteiger partial charge in [0.2, 0.25) is 0 Å². The van der Waals surface area contributed by atoms with Gasteiger partial charge < -0.3 is 15.0 Å². The number of carbonyl (C=O) groups is 1. The number of benzene rings is 1. The molecule has 2 aliphatic heterocycles. The highest BCUT2D eigenvalue weighted by molar-refractivity contribution is 6.31. The number of rotatable bonds is 3. The molecule has 0 saturated carbocycles. The summed E-state index contributed by atoms with van der Waals surface area (Å²) >= 11 is 6.28. The molecule has 1 aromatic carbocycles. The molecule has 1 N–H and O–H groups in total. The predicted molar refractivity (Wildman–Crippen MR) is 99.9 cm³/mol. The van der Waals surface area contributed by atoms with Gasteiger partial charge in [0.1, 0.15) is 0 Å². The Balaban J connectivity index is 1.53. The Bertz CT molecular complexity index is 600. The first-order valence-corrected chi connectivity index (χ1v) is 9.43. The van der Waals surface area contributed by atoms with Crippen LogP contribution in [0.15, 0.2) is 24.3 Å². The summed E-state index contributed by atoms with van der Waals surface area (Å²) in [5, 5.41) is 3.96. The SMILES string of the molecule is CN(C)C(=O)NC1CCOC2(CCN(Cc3ccccc3Cl)CC2)C1. The summed E-state index contributed by atoms with van der Waals surface area (Å²) in [5.74, 6) is 0. The van der Waals surface area contributed by atoms with Crippen LogP contribution in [0.4, 0.5) is 4.79 Å². The van der Waals surface area contributed by atoms with Crippen molar-refractivity contribution in [1.82, 2.24) is 15.1 Å². The van der Waals surface area contributed by atoms with E-state index in [-0.39, 0.29) is 17.7 Å². The van der Waals surface area contributed by atoms with Crippen LogP contribution in [0.1, 0.15) is 31.2 Å². The third kappa shape index (κ3) is 4.66. The van der Waals surface area contributed by atoms with Crippen LogP contribution in [0.5, 0.6) is 0 Å². The molecule has 0 radical (unpaired) electrons. The number of ether oxygens (including phenoxy) is 1. The zero-order valence-corrected chi connectivity index (χ0v) is 15.9. The number of piperidine rings is 1. The van der Waals surface area contributed by atoms with Crippen LogP contribution in [0, 0.1) is 0 Å². The second-order valence-corrected chi connectivity index (χ2v) is 7.84. The lowest BCUT2D eigenvalue weighted by Gasteiger charge is -2.46. The topological polar surface area (TPSA) is 44.8 Å². The van der Waals surface area contributed by atoms with E-state index >= 15 is 0 Å². The fourth-order valence-corrected chi connectivity index (χ4v) is 3.98. The van der Waals surface area contributed by atoms with Gasteiger partial charge in [-0.3, -0.25) is 4.90 Å². The molecule has 1 atom stereocenters. The Morgan fingerprint density at radius 3 is 2.76 bits per heavy atom. The maximum Gasteiger partial charge on any atom is 0.317 e. The normalized spacial score (nSPS) is 23.4. The third-order valence-electron chi connectivity index (χ3n) is 5.35. The van der Waals surface area contributed by atoms with Crippen molar-refractivity contribution < 1.29 is 9.53 Å². The molecule has 0 aliphatic carbocycles. The van der Waals surface area contributed by atoms with E-state index in [0.717, 1.165) is 56.9 Å². The Hall–Kier alpha value is -1.30. The Morgan fingerprint density at radius 1 is 1.36 bits per heavy atom. The molecule has 2 fully saturated rings. The van der Waals surface area contributed by atoms with Crippen molar-refractivity contribution in [1.29, 1.82) is 0 Å². The van der Waals surface area contributed by atoms with Crippen LogP contribution in [-0.4, -0.2) is 61.3 Å². The van der Waals surface area contributed by atoms with Gasteiger partial charge in [-0.05, 0) is 37.3 Å². The molecule has 6 heteroatoms. The lowest BCUT2D eigenvalue weighted by Crippen LogP contribution is -2.54. The summed E-state index contributed by atoms with van der Waals surface area (Å²) in [5.41, 5.74) is 1.10. The average molecular weight is 366 g/mol. The summed E-state index contributed by atoms with van der Waals surface area (Å²) < 4.78 is 6.18. The van der Waals surface area contributed by atoms with Gasteiger partial charge in [0.05, 0.1) is 5.60 Å². The number of amides is 2. The van der Waals surface area contributed by atoms with Crippen molar-refractivity contribution in [3.05, 3.63) is 34.9 Å². The van der Waals surface area contributed by atoms with Crippen molar-refractivity contribution in [2.75, 3.05) is 33.8 Å². The molecule has 0 aromatic heterocycles. The van der Waals surface area contributed by atoms with E-state index in [1.165, 1.54) is 5.56 Å². The van der Waals surface area contributed by atoms with Gasteiger partial charge >= 0.3 is 6.03 Å². The minimum atomic E-state index is -0.0838. The zero-order valence-electron chi connectivity index (χ0n) is 15.1. The summed E-state index contributed by atoms with van der Waals surface area (Å²) in [4.78, 5) is 16.0. The van der Waals surface area contributed by atoms with E-state index in [0.29, 0.717) is 0 Å². The van der Waals surface area contributed by atoms with Gasteiger partial charge in [0.25, 0.3) is 0 Å². The molecule has 1 unspecified atom stereocenters. The van der Waals surface area contributed by atoms with Gasteiger partial charge in [-0.2, -0.15) is 0 Å². The standard InChI is InChI=1S/C19H28ClN3O2/c1-22(2)18(24)21-16-7-12-25-19(13-16)8-10-23(11-9-19)14-15-5-3-4-6-17(15)20/h3-6,16H,7-14H2,1-2H3,(H,21,24). The summed E-state index contributed by atoms with van der Waals surface area (Å²) in [6.07, 6.45) is 3.81. The van der Waals surface area contributed by atoms with Crippen molar-refractivity contribution >= 4 is 17.6 Å². The minimum Gasteiger partial charge on any atom is -0.375 e. The van der Waals surface area contributed by atoms with Gasteiger partial charge in [0, 0.05) is 51.4 Å². The van der Waals surface area contributed by atoms with Gasteiger partial charge in [-0.25, -0.2) is 4.79 Å². The molecule has 25 heavy (non-hydrogen) atoms. The molecular weight excluding hydrogens is 338 g/mol. The molecule has 0 bridgehead atoms. The second kappa shape index (κ2) is 7.94. The molecule has 3 rings (SSSR count). The lowest BCUT2D eigenvalue weighted by molar-refractivity contribution is -0.119. The Morgan fingerprint density at radius 2 is 2.08 bits per heavy atom. The number of halogens is 1. The highest BCUT2D eigenvalue weighted by Crippen LogP contribution is 2.35. The van der Waals surface area contributed by atoms with E-state index in [1.807, 2.05) is 18.2 Å². The minimum absolute atomic E-state index is 0.0156. The smallest absolute Gasteiger partial charge is 0.317 e. The van der Waals surface area contributed by atoms with Crippen LogP contribution in [0.2, 0.25) is 5.02 Å². The monoisotopic (exact) mass is 365 g/mol. The fourth-order valence-electron chi connectivity index (χ4n) is 3.79. The molecule has 2 heterocycles.